The van der Waals surface area contributed by atoms with E-state index < -0.39 is 11.2 Å². The molecule has 0 aliphatic heterocycles. The maximum atomic E-state index is 6.00. The third-order valence-corrected chi connectivity index (χ3v) is 1.90. The molecule has 0 unspecified atom stereocenters. The third kappa shape index (κ3) is 15.9. The molecule has 0 aromatic carbocycles. The molecule has 0 saturated carbocycles. The van der Waals surface area contributed by atoms with E-state index in [-0.39, 0.29) is 11.2 Å². The van der Waals surface area contributed by atoms with Crippen LogP contribution in [0, 0.1) is 0 Å². The summed E-state index contributed by atoms with van der Waals surface area (Å²) in [6.45, 7) is 19.4. The summed E-state index contributed by atoms with van der Waals surface area (Å²) in [5.74, 6) is 0. The molecule has 0 heterocycles. The molecule has 0 aromatic rings. The molecule has 2 N–H and O–H groups in total. The van der Waals surface area contributed by atoms with E-state index in [1.165, 1.54) is 0 Å². The fourth-order valence-electron chi connectivity index (χ4n) is 0.922. The normalized spacial score (nSPS) is 14.0. The van der Waals surface area contributed by atoms with E-state index in [9.17, 15) is 0 Å². The lowest BCUT2D eigenvalue weighted by Crippen LogP contribution is -2.32. The van der Waals surface area contributed by atoms with Gasteiger partial charge >= 0.3 is 0 Å². The predicted molar refractivity (Wildman–Crippen MR) is 86.4 cm³/mol. The first-order valence-electron chi connectivity index (χ1n) is 7.26. The van der Waals surface area contributed by atoms with E-state index in [1.54, 1.807) is 0 Å². The largest absolute Gasteiger partial charge is 0.255 e. The molecule has 6 heteroatoms. The quantitative estimate of drug-likeness (QED) is 0.422. The van der Waals surface area contributed by atoms with Crippen molar-refractivity contribution in [3.05, 3.63) is 12.2 Å². The molecule has 0 bridgehead atoms. The molecule has 0 aliphatic rings. The fraction of sp³-hybridized carbons (Fsp3) is 0.875. The van der Waals surface area contributed by atoms with E-state index in [4.69, 9.17) is 30.1 Å². The summed E-state index contributed by atoms with van der Waals surface area (Å²) in [5, 5.41) is 12.0. The molecule has 0 radical (unpaired) electrons. The molecule has 0 amide bonds. The summed E-state index contributed by atoms with van der Waals surface area (Å²) < 4.78 is 0. The SMILES string of the molecule is CC(C)(C)OOC(C)(C)C=CC(C)(C)OOC(C)(C)C.OO. The second-order valence-electron chi connectivity index (χ2n) is 8.10. The van der Waals surface area contributed by atoms with Crippen molar-refractivity contribution < 1.29 is 30.1 Å². The van der Waals surface area contributed by atoms with Crippen molar-refractivity contribution in [2.24, 2.45) is 0 Å². The third-order valence-electron chi connectivity index (χ3n) is 1.90. The molecule has 0 saturated heterocycles. The van der Waals surface area contributed by atoms with Gasteiger partial charge in [0, 0.05) is 0 Å². The van der Waals surface area contributed by atoms with Gasteiger partial charge in [0.15, 0.2) is 0 Å². The lowest BCUT2D eigenvalue weighted by molar-refractivity contribution is -0.390. The molecule has 0 fully saturated rings. The van der Waals surface area contributed by atoms with Crippen molar-refractivity contribution in [3.63, 3.8) is 0 Å². The summed E-state index contributed by atoms with van der Waals surface area (Å²) >= 11 is 0. The second kappa shape index (κ2) is 8.96. The zero-order valence-corrected chi connectivity index (χ0v) is 15.7. The Morgan fingerprint density at radius 2 is 0.727 bits per heavy atom. The van der Waals surface area contributed by atoms with E-state index in [0.29, 0.717) is 0 Å². The number of rotatable bonds is 6. The zero-order chi connectivity index (χ0) is 18.2. The van der Waals surface area contributed by atoms with Crippen molar-refractivity contribution in [1.82, 2.24) is 0 Å². The minimum Gasteiger partial charge on any atom is -0.255 e. The van der Waals surface area contributed by atoms with Gasteiger partial charge in [-0.25, -0.2) is 19.6 Å². The van der Waals surface area contributed by atoms with Gasteiger partial charge in [0.2, 0.25) is 0 Å². The van der Waals surface area contributed by atoms with Gasteiger partial charge in [0.05, 0.1) is 11.2 Å². The van der Waals surface area contributed by atoms with Crippen molar-refractivity contribution in [2.45, 2.75) is 91.6 Å². The van der Waals surface area contributed by atoms with E-state index >= 15 is 0 Å². The standard InChI is InChI=1S/C16H32O4.H2O2/c1-13(2,3)17-19-15(7,8)11-12-16(9,10)20-18-14(4,5)6;1-2/h11-12H,1-10H3;1-2H. The number of hydrogen-bond donors (Lipinski definition) is 2. The Labute approximate surface area is 134 Å². The van der Waals surface area contributed by atoms with Crippen LogP contribution in [0.2, 0.25) is 0 Å². The van der Waals surface area contributed by atoms with Gasteiger partial charge in [-0.3, -0.25) is 10.5 Å². The van der Waals surface area contributed by atoms with Gasteiger partial charge in [-0.1, -0.05) is 12.2 Å². The van der Waals surface area contributed by atoms with Crippen LogP contribution in [0.25, 0.3) is 0 Å². The summed E-state index contributed by atoms with van der Waals surface area (Å²) in [6, 6.07) is 0. The molecule has 6 nitrogen and oxygen atoms in total. The van der Waals surface area contributed by atoms with Crippen LogP contribution < -0.4 is 0 Å². The van der Waals surface area contributed by atoms with Crippen LogP contribution >= 0.6 is 0 Å². The molecule has 134 valence electrons. The van der Waals surface area contributed by atoms with Gasteiger partial charge < -0.3 is 0 Å². The van der Waals surface area contributed by atoms with Crippen LogP contribution in [0.3, 0.4) is 0 Å². The van der Waals surface area contributed by atoms with Crippen molar-refractivity contribution in [2.75, 3.05) is 0 Å². The Hall–Kier alpha value is -0.500. The highest BCUT2D eigenvalue weighted by atomic mass is 17.2. The smallest absolute Gasteiger partial charge is 0.116 e. The Kier molecular flexibility index (Phi) is 9.67. The Morgan fingerprint density at radius 1 is 0.500 bits per heavy atom. The average Bonchev–Trinajstić information content (AvgIpc) is 2.34. The first kappa shape index (κ1) is 23.8. The van der Waals surface area contributed by atoms with Crippen molar-refractivity contribution in [3.8, 4) is 0 Å². The summed E-state index contributed by atoms with van der Waals surface area (Å²) in [5.41, 5.74) is -1.77. The summed E-state index contributed by atoms with van der Waals surface area (Å²) in [4.78, 5) is 21.6. The van der Waals surface area contributed by atoms with E-state index in [0.717, 1.165) is 0 Å². The summed E-state index contributed by atoms with van der Waals surface area (Å²) in [7, 11) is 0. The zero-order valence-electron chi connectivity index (χ0n) is 15.7. The van der Waals surface area contributed by atoms with E-state index in [2.05, 4.69) is 0 Å². The minimum absolute atomic E-state index is 0.341. The highest BCUT2D eigenvalue weighted by Gasteiger charge is 2.25. The molecule has 0 spiro atoms. The van der Waals surface area contributed by atoms with Gasteiger partial charge in [-0.05, 0) is 69.2 Å². The maximum absolute atomic E-state index is 6.00. The molecule has 22 heavy (non-hydrogen) atoms. The van der Waals surface area contributed by atoms with E-state index in [1.807, 2.05) is 81.4 Å². The maximum Gasteiger partial charge on any atom is 0.116 e. The first-order valence-corrected chi connectivity index (χ1v) is 7.26. The topological polar surface area (TPSA) is 77.4 Å². The monoisotopic (exact) mass is 322 g/mol. The van der Waals surface area contributed by atoms with Crippen molar-refractivity contribution >= 4 is 0 Å². The Bertz CT molecular complexity index is 289. The van der Waals surface area contributed by atoms with Crippen LogP contribution in [0.15, 0.2) is 12.2 Å². The van der Waals surface area contributed by atoms with Crippen LogP contribution in [-0.2, 0) is 19.6 Å². The second-order valence-corrected chi connectivity index (χ2v) is 8.10. The van der Waals surface area contributed by atoms with Gasteiger partial charge in [0.25, 0.3) is 0 Å². The lowest BCUT2D eigenvalue weighted by Gasteiger charge is -2.29. The van der Waals surface area contributed by atoms with Crippen LogP contribution in [0.4, 0.5) is 0 Å². The van der Waals surface area contributed by atoms with Crippen LogP contribution in [0.1, 0.15) is 69.2 Å². The predicted octanol–water partition coefficient (Wildman–Crippen LogP) is 4.61. The van der Waals surface area contributed by atoms with Crippen molar-refractivity contribution in [1.29, 1.82) is 0 Å². The molecule has 0 atom stereocenters. The van der Waals surface area contributed by atoms with Gasteiger partial charge in [0.1, 0.15) is 11.2 Å². The molecular weight excluding hydrogens is 288 g/mol. The lowest BCUT2D eigenvalue weighted by atomic mass is 10.0. The highest BCUT2D eigenvalue weighted by Crippen LogP contribution is 2.22. The Morgan fingerprint density at radius 3 is 0.909 bits per heavy atom. The first-order chi connectivity index (χ1) is 9.62. The molecule has 0 aromatic heterocycles. The molecular formula is C16H34O6. The van der Waals surface area contributed by atoms with Crippen LogP contribution in [0.5, 0.6) is 0 Å². The molecule has 0 aliphatic carbocycles. The fourth-order valence-corrected chi connectivity index (χ4v) is 0.922. The number of hydrogen-bond acceptors (Lipinski definition) is 6. The van der Waals surface area contributed by atoms with Gasteiger partial charge in [-0.15, -0.1) is 0 Å². The molecule has 0 rings (SSSR count). The van der Waals surface area contributed by atoms with Gasteiger partial charge in [-0.2, -0.15) is 0 Å². The summed E-state index contributed by atoms with van der Waals surface area (Å²) in [6.07, 6.45) is 3.82. The average molecular weight is 322 g/mol. The van der Waals surface area contributed by atoms with Crippen LogP contribution in [-0.4, -0.2) is 32.9 Å². The Balaban J connectivity index is 0. The highest BCUT2D eigenvalue weighted by molar-refractivity contribution is 5.04. The minimum atomic E-state index is -0.546.